The number of ether oxygens (including phenoxy) is 1. The quantitative estimate of drug-likeness (QED) is 0.617. The van der Waals surface area contributed by atoms with Crippen LogP contribution in [0.15, 0.2) is 24.3 Å². The van der Waals surface area contributed by atoms with E-state index >= 15 is 0 Å². The predicted molar refractivity (Wildman–Crippen MR) is 112 cm³/mol. The highest BCUT2D eigenvalue weighted by atomic mass is 32.1. The minimum atomic E-state index is -5.05. The summed E-state index contributed by atoms with van der Waals surface area (Å²) >= 11 is 1.33. The molecule has 2 saturated heterocycles. The first-order valence-corrected chi connectivity index (χ1v) is 11.7. The zero-order valence-corrected chi connectivity index (χ0v) is 18.8. The normalized spacial score (nSPS) is 25.0. The number of alkyl halides is 3. The summed E-state index contributed by atoms with van der Waals surface area (Å²) in [5.41, 5.74) is -2.08. The first-order chi connectivity index (χ1) is 16.0. The first kappa shape index (κ1) is 23.2. The maximum atomic E-state index is 14.7. The van der Waals surface area contributed by atoms with E-state index in [0.29, 0.717) is 17.4 Å². The number of rotatable bonds is 5. The van der Waals surface area contributed by atoms with Crippen molar-refractivity contribution in [1.82, 2.24) is 10.2 Å². The molecule has 1 aromatic heterocycles. The summed E-state index contributed by atoms with van der Waals surface area (Å²) in [7, 11) is 0. The van der Waals surface area contributed by atoms with Crippen LogP contribution in [0, 0.1) is 30.4 Å². The van der Waals surface area contributed by atoms with Crippen molar-refractivity contribution in [1.29, 1.82) is 0 Å². The fraction of sp³-hybridized carbons (Fsp3) is 0.478. The Morgan fingerprint density at radius 3 is 2.47 bits per heavy atom. The topological polar surface area (TPSA) is 58.6 Å². The van der Waals surface area contributed by atoms with Crippen molar-refractivity contribution in [2.75, 3.05) is 13.2 Å². The molecule has 182 valence electrons. The van der Waals surface area contributed by atoms with Crippen molar-refractivity contribution in [2.24, 2.45) is 11.8 Å². The second kappa shape index (κ2) is 8.30. The molecule has 1 aromatic carbocycles. The third kappa shape index (κ3) is 4.08. The number of piperidine rings is 1. The molecular formula is C23H21F5N2O3S. The molecule has 1 saturated carbocycles. The van der Waals surface area contributed by atoms with Crippen molar-refractivity contribution in [3.8, 4) is 0 Å². The Kier molecular flexibility index (Phi) is 5.67. The van der Waals surface area contributed by atoms with E-state index in [2.05, 4.69) is 5.32 Å². The van der Waals surface area contributed by atoms with E-state index in [1.807, 2.05) is 13.0 Å². The number of nitrogens with one attached hydrogen (secondary N) is 1. The molecule has 0 bridgehead atoms. The number of fused-ring (bicyclic) bond motifs is 1. The number of carbonyl (C=O) groups excluding carboxylic acids is 2. The largest absolute Gasteiger partial charge is 0.419 e. The van der Waals surface area contributed by atoms with Gasteiger partial charge in [0.15, 0.2) is 0 Å². The Hall–Kier alpha value is -2.53. The minimum Gasteiger partial charge on any atom is -0.381 e. The van der Waals surface area contributed by atoms with Gasteiger partial charge in [-0.1, -0.05) is 0 Å². The molecule has 5 rings (SSSR count). The lowest BCUT2D eigenvalue weighted by Crippen LogP contribution is -2.51. The van der Waals surface area contributed by atoms with Gasteiger partial charge in [0.2, 0.25) is 5.91 Å². The van der Waals surface area contributed by atoms with Gasteiger partial charge >= 0.3 is 6.18 Å². The van der Waals surface area contributed by atoms with Gasteiger partial charge in [-0.25, -0.2) is 8.78 Å². The molecule has 1 aliphatic carbocycles. The monoisotopic (exact) mass is 500 g/mol. The molecule has 3 aliphatic rings. The van der Waals surface area contributed by atoms with Gasteiger partial charge in [0, 0.05) is 22.4 Å². The second-order valence-electron chi connectivity index (χ2n) is 9.07. The zero-order valence-electron chi connectivity index (χ0n) is 18.0. The van der Waals surface area contributed by atoms with E-state index in [1.54, 1.807) is 11.0 Å². The third-order valence-corrected chi connectivity index (χ3v) is 7.74. The second-order valence-corrected chi connectivity index (χ2v) is 10.4. The Balaban J connectivity index is 1.40. The van der Waals surface area contributed by atoms with E-state index in [1.165, 1.54) is 11.3 Å². The lowest BCUT2D eigenvalue weighted by Gasteiger charge is -2.36. The highest BCUT2D eigenvalue weighted by Crippen LogP contribution is 2.49. The van der Waals surface area contributed by atoms with Gasteiger partial charge in [0.1, 0.15) is 17.7 Å². The Morgan fingerprint density at radius 1 is 1.15 bits per heavy atom. The zero-order chi connectivity index (χ0) is 24.4. The molecule has 2 aliphatic heterocycles. The van der Waals surface area contributed by atoms with Gasteiger partial charge in [-0.15, -0.1) is 11.3 Å². The number of benzene rings is 1. The smallest absolute Gasteiger partial charge is 0.381 e. The van der Waals surface area contributed by atoms with Crippen molar-refractivity contribution in [2.45, 2.75) is 44.1 Å². The average Bonchev–Trinajstić information content (AvgIpc) is 3.16. The summed E-state index contributed by atoms with van der Waals surface area (Å²) in [6.07, 6.45) is -3.80. The summed E-state index contributed by atoms with van der Waals surface area (Å²) in [5, 5.41) is 2.69. The number of amides is 2. The van der Waals surface area contributed by atoms with Gasteiger partial charge in [-0.05, 0) is 49.9 Å². The highest BCUT2D eigenvalue weighted by Gasteiger charge is 2.56. The molecule has 0 spiro atoms. The van der Waals surface area contributed by atoms with E-state index in [4.69, 9.17) is 4.74 Å². The van der Waals surface area contributed by atoms with Crippen LogP contribution in [0.2, 0.25) is 0 Å². The number of nitrogens with zero attached hydrogens (tertiary/aromatic N) is 1. The van der Waals surface area contributed by atoms with E-state index in [9.17, 15) is 31.5 Å². The summed E-state index contributed by atoms with van der Waals surface area (Å²) in [6, 6.07) is 2.22. The molecule has 3 heterocycles. The van der Waals surface area contributed by atoms with Gasteiger partial charge < -0.3 is 15.0 Å². The van der Waals surface area contributed by atoms with Gasteiger partial charge in [-0.3, -0.25) is 9.59 Å². The van der Waals surface area contributed by atoms with Gasteiger partial charge in [-0.2, -0.15) is 13.2 Å². The molecule has 11 heteroatoms. The number of aryl methyl sites for hydroxylation is 1. The predicted octanol–water partition coefficient (Wildman–Crippen LogP) is 4.46. The maximum Gasteiger partial charge on any atom is 0.419 e. The Morgan fingerprint density at radius 2 is 1.88 bits per heavy atom. The first-order valence-electron chi connectivity index (χ1n) is 10.9. The van der Waals surface area contributed by atoms with Crippen LogP contribution in [-0.2, 0) is 15.7 Å². The molecule has 5 nitrogen and oxygen atoms in total. The van der Waals surface area contributed by atoms with Crippen LogP contribution in [0.1, 0.15) is 44.6 Å². The molecular weight excluding hydrogens is 479 g/mol. The number of hydrogen-bond donors (Lipinski definition) is 1. The summed E-state index contributed by atoms with van der Waals surface area (Å²) in [5.74, 6) is -3.90. The molecule has 3 fully saturated rings. The van der Waals surface area contributed by atoms with Crippen LogP contribution in [0.3, 0.4) is 0 Å². The highest BCUT2D eigenvalue weighted by molar-refractivity contribution is 7.13. The van der Waals surface area contributed by atoms with Gasteiger partial charge in [0.25, 0.3) is 5.91 Å². The fourth-order valence-electron chi connectivity index (χ4n) is 4.82. The molecule has 2 amide bonds. The van der Waals surface area contributed by atoms with Crippen molar-refractivity contribution in [3.63, 3.8) is 0 Å². The number of likely N-dealkylation sites (tertiary alicyclic amines) is 1. The van der Waals surface area contributed by atoms with Gasteiger partial charge in [0.05, 0.1) is 29.7 Å². The summed E-state index contributed by atoms with van der Waals surface area (Å²) < 4.78 is 73.0. The Bertz CT molecular complexity index is 1150. The van der Waals surface area contributed by atoms with E-state index in [-0.39, 0.29) is 42.7 Å². The van der Waals surface area contributed by atoms with Crippen LogP contribution in [0.25, 0.3) is 0 Å². The molecule has 34 heavy (non-hydrogen) atoms. The molecule has 4 atom stereocenters. The summed E-state index contributed by atoms with van der Waals surface area (Å²) in [4.78, 5) is 29.4. The molecule has 0 unspecified atom stereocenters. The van der Waals surface area contributed by atoms with Crippen LogP contribution in [-0.4, -0.2) is 42.0 Å². The summed E-state index contributed by atoms with van der Waals surface area (Å²) in [6.45, 7) is 2.15. The van der Waals surface area contributed by atoms with Crippen molar-refractivity contribution < 1.29 is 36.3 Å². The average molecular weight is 500 g/mol. The van der Waals surface area contributed by atoms with Crippen molar-refractivity contribution in [3.05, 3.63) is 56.8 Å². The van der Waals surface area contributed by atoms with E-state index < -0.39 is 47.3 Å². The number of hydrogen-bond acceptors (Lipinski definition) is 4. The van der Waals surface area contributed by atoms with Crippen LogP contribution >= 0.6 is 11.3 Å². The number of thiophene rings is 1. The lowest BCUT2D eigenvalue weighted by atomic mass is 9.89. The van der Waals surface area contributed by atoms with Crippen LogP contribution in [0.4, 0.5) is 22.0 Å². The number of carbonyl (C=O) groups is 2. The third-order valence-electron chi connectivity index (χ3n) is 6.75. The molecule has 0 radical (unpaired) electrons. The molecule has 1 N–H and O–H groups in total. The fourth-order valence-corrected chi connectivity index (χ4v) is 5.63. The maximum absolute atomic E-state index is 14.7. The van der Waals surface area contributed by atoms with Crippen LogP contribution in [0.5, 0.6) is 0 Å². The standard InChI is InChI=1S/C23H21F5N2O3S/c1-10-2-3-19(34-10)22(32)30-17-4-11(17)5-18(30)21(31)29-20(12-8-33-9-12)13-6-16(25)14(7-15(13)24)23(26,27)28/h2-3,6-7,11-12,17-18,20H,4-5,8-9H2,1H3,(H,29,31)/t11-,17-,18-,20-/m1/s1. The molecule has 2 aromatic rings. The minimum absolute atomic E-state index is 0.0450. The van der Waals surface area contributed by atoms with Crippen molar-refractivity contribution >= 4 is 23.2 Å². The number of halogens is 5. The van der Waals surface area contributed by atoms with E-state index in [0.717, 1.165) is 11.3 Å². The lowest BCUT2D eigenvalue weighted by molar-refractivity contribution is -0.140. The SMILES string of the molecule is Cc1ccc(C(=O)N2[C@@H](C(=O)N[C@@H](c3cc(F)c(C(F)(F)F)cc3F)C3COC3)C[C@H]3C[C@H]32)s1. The van der Waals surface area contributed by atoms with Crippen LogP contribution < -0.4 is 5.32 Å². The Labute approximate surface area is 195 Å².